The smallest absolute Gasteiger partial charge is 0.416 e. The monoisotopic (exact) mass is 393 g/mol. The van der Waals surface area contributed by atoms with Crippen LogP contribution in [0.15, 0.2) is 54.6 Å². The molecule has 1 saturated heterocycles. The van der Waals surface area contributed by atoms with Gasteiger partial charge in [0.1, 0.15) is 5.60 Å². The second-order valence-electron chi connectivity index (χ2n) is 6.94. The number of halogens is 3. The van der Waals surface area contributed by atoms with Crippen molar-refractivity contribution in [3.05, 3.63) is 71.3 Å². The molecule has 1 N–H and O–H groups in total. The summed E-state index contributed by atoms with van der Waals surface area (Å²) in [5, 5.41) is 9.48. The fourth-order valence-corrected chi connectivity index (χ4v) is 3.60. The topological polar surface area (TPSA) is 49.8 Å². The van der Waals surface area contributed by atoms with Crippen LogP contribution in [0.4, 0.5) is 18.0 Å². The zero-order valence-electron chi connectivity index (χ0n) is 15.4. The molecular weight excluding hydrogens is 371 g/mol. The number of hydrogen-bond donors (Lipinski definition) is 1. The van der Waals surface area contributed by atoms with Crippen LogP contribution in [0.2, 0.25) is 0 Å². The van der Waals surface area contributed by atoms with Crippen LogP contribution in [0.3, 0.4) is 0 Å². The number of aliphatic hydroxyl groups is 1. The van der Waals surface area contributed by atoms with Crippen LogP contribution in [0.5, 0.6) is 0 Å². The van der Waals surface area contributed by atoms with Crippen LogP contribution in [-0.2, 0) is 16.5 Å². The Morgan fingerprint density at radius 2 is 1.79 bits per heavy atom. The fraction of sp³-hybridized carbons (Fsp3) is 0.381. The maximum Gasteiger partial charge on any atom is 0.416 e. The summed E-state index contributed by atoms with van der Waals surface area (Å²) in [5.41, 5.74) is -0.210. The molecule has 1 aliphatic rings. The molecule has 0 aromatic heterocycles. The van der Waals surface area contributed by atoms with Gasteiger partial charge in [0, 0.05) is 26.0 Å². The van der Waals surface area contributed by atoms with Gasteiger partial charge in [-0.25, -0.2) is 4.79 Å². The minimum Gasteiger partial charge on any atom is -0.438 e. The molecule has 4 nitrogen and oxygen atoms in total. The molecule has 1 aliphatic heterocycles. The highest BCUT2D eigenvalue weighted by atomic mass is 19.4. The third kappa shape index (κ3) is 3.99. The highest BCUT2D eigenvalue weighted by molar-refractivity contribution is 5.70. The minimum atomic E-state index is -4.40. The summed E-state index contributed by atoms with van der Waals surface area (Å²) >= 11 is 0. The molecule has 3 rings (SSSR count). The lowest BCUT2D eigenvalue weighted by Crippen LogP contribution is -2.49. The van der Waals surface area contributed by atoms with E-state index in [0.717, 1.165) is 17.7 Å². The van der Waals surface area contributed by atoms with E-state index >= 15 is 0 Å². The quantitative estimate of drug-likeness (QED) is 0.787. The van der Waals surface area contributed by atoms with Gasteiger partial charge in [-0.1, -0.05) is 42.5 Å². The summed E-state index contributed by atoms with van der Waals surface area (Å²) < 4.78 is 44.0. The molecule has 2 atom stereocenters. The molecule has 7 heteroatoms. The summed E-state index contributed by atoms with van der Waals surface area (Å²) in [6, 6.07) is 13.6. The van der Waals surface area contributed by atoms with Crippen LogP contribution in [0, 0.1) is 0 Å². The summed E-state index contributed by atoms with van der Waals surface area (Å²) in [5.74, 6) is 0. The summed E-state index contributed by atoms with van der Waals surface area (Å²) in [4.78, 5) is 14.2. The molecule has 1 heterocycles. The molecule has 0 unspecified atom stereocenters. The third-order valence-electron chi connectivity index (χ3n) is 5.28. The zero-order chi connectivity index (χ0) is 20.4. The number of aliphatic hydroxyl groups excluding tert-OH is 1. The Balaban J connectivity index is 1.78. The lowest BCUT2D eigenvalue weighted by atomic mass is 9.85. The van der Waals surface area contributed by atoms with E-state index in [-0.39, 0.29) is 13.0 Å². The molecule has 1 amide bonds. The van der Waals surface area contributed by atoms with Crippen molar-refractivity contribution in [3.8, 4) is 0 Å². The second kappa shape index (κ2) is 7.83. The number of benzene rings is 2. The van der Waals surface area contributed by atoms with E-state index in [1.807, 2.05) is 30.3 Å². The van der Waals surface area contributed by atoms with Gasteiger partial charge in [0.15, 0.2) is 0 Å². The minimum absolute atomic E-state index is 0.128. The van der Waals surface area contributed by atoms with Crippen LogP contribution in [0.1, 0.15) is 42.5 Å². The highest BCUT2D eigenvalue weighted by Crippen LogP contribution is 2.39. The molecular formula is C21H22F3NO3. The van der Waals surface area contributed by atoms with Gasteiger partial charge in [0.25, 0.3) is 0 Å². The van der Waals surface area contributed by atoms with Gasteiger partial charge in [-0.15, -0.1) is 0 Å². The van der Waals surface area contributed by atoms with Gasteiger partial charge in [-0.2, -0.15) is 13.2 Å². The van der Waals surface area contributed by atoms with Crippen LogP contribution >= 0.6 is 0 Å². The Bertz CT molecular complexity index is 808. The number of amides is 1. The van der Waals surface area contributed by atoms with E-state index in [1.165, 1.54) is 17.0 Å². The number of hydrogen-bond acceptors (Lipinski definition) is 3. The molecule has 0 aliphatic carbocycles. The van der Waals surface area contributed by atoms with E-state index in [9.17, 15) is 23.1 Å². The average molecular weight is 393 g/mol. The van der Waals surface area contributed by atoms with Gasteiger partial charge >= 0.3 is 12.3 Å². The lowest BCUT2D eigenvalue weighted by Gasteiger charge is -2.43. The van der Waals surface area contributed by atoms with Crippen molar-refractivity contribution in [3.63, 3.8) is 0 Å². The molecule has 2 aromatic rings. The molecule has 1 fully saturated rings. The fourth-order valence-electron chi connectivity index (χ4n) is 3.60. The first-order valence-corrected chi connectivity index (χ1v) is 9.10. The van der Waals surface area contributed by atoms with Crippen molar-refractivity contribution >= 4 is 6.09 Å². The average Bonchev–Trinajstić information content (AvgIpc) is 2.68. The van der Waals surface area contributed by atoms with Gasteiger partial charge in [-0.3, -0.25) is 0 Å². The Kier molecular flexibility index (Phi) is 5.65. The predicted molar refractivity (Wildman–Crippen MR) is 97.5 cm³/mol. The second-order valence-corrected chi connectivity index (χ2v) is 6.94. The normalized spacial score (nSPS) is 21.3. The first kappa shape index (κ1) is 20.2. The molecule has 0 radical (unpaired) electrons. The van der Waals surface area contributed by atoms with Crippen molar-refractivity contribution < 1.29 is 27.8 Å². The van der Waals surface area contributed by atoms with Gasteiger partial charge < -0.3 is 14.7 Å². The maximum absolute atomic E-state index is 12.8. The van der Waals surface area contributed by atoms with E-state index < -0.39 is 29.5 Å². The number of cyclic esters (lactones) is 1. The molecule has 0 saturated carbocycles. The number of alkyl halides is 3. The van der Waals surface area contributed by atoms with Crippen molar-refractivity contribution in [2.24, 2.45) is 0 Å². The van der Waals surface area contributed by atoms with Crippen molar-refractivity contribution in [2.45, 2.75) is 37.6 Å². The zero-order valence-corrected chi connectivity index (χ0v) is 15.4. The van der Waals surface area contributed by atoms with E-state index in [4.69, 9.17) is 4.74 Å². The first-order chi connectivity index (χ1) is 13.3. The number of rotatable bonds is 5. The number of ether oxygens (including phenoxy) is 1. The Morgan fingerprint density at radius 1 is 1.14 bits per heavy atom. The first-order valence-electron chi connectivity index (χ1n) is 9.10. The number of nitrogens with zero attached hydrogens (tertiary/aromatic N) is 1. The summed E-state index contributed by atoms with van der Waals surface area (Å²) in [6.07, 6.45) is -4.18. The molecule has 2 aromatic carbocycles. The Morgan fingerprint density at radius 3 is 2.32 bits per heavy atom. The molecule has 28 heavy (non-hydrogen) atoms. The lowest BCUT2D eigenvalue weighted by molar-refractivity contribution is -0.137. The molecule has 150 valence electrons. The highest BCUT2D eigenvalue weighted by Gasteiger charge is 2.43. The molecule has 0 spiro atoms. The van der Waals surface area contributed by atoms with E-state index in [1.54, 1.807) is 6.92 Å². The summed E-state index contributed by atoms with van der Waals surface area (Å²) in [7, 11) is 0. The Hall–Kier alpha value is -2.54. The van der Waals surface area contributed by atoms with Crippen molar-refractivity contribution in [1.29, 1.82) is 0 Å². The maximum atomic E-state index is 12.8. The SMILES string of the molecule is C[C@@H](c1ccc(C(F)(F)F)cc1)N1CC[C@](CCO)(c2ccccc2)OC1=O. The molecule has 0 bridgehead atoms. The third-order valence-corrected chi connectivity index (χ3v) is 5.28. The largest absolute Gasteiger partial charge is 0.438 e. The van der Waals surface area contributed by atoms with Crippen molar-refractivity contribution in [2.75, 3.05) is 13.2 Å². The van der Waals surface area contributed by atoms with Crippen LogP contribution < -0.4 is 0 Å². The van der Waals surface area contributed by atoms with E-state index in [0.29, 0.717) is 18.5 Å². The van der Waals surface area contributed by atoms with Gasteiger partial charge in [0.05, 0.1) is 11.6 Å². The predicted octanol–water partition coefficient (Wildman–Crippen LogP) is 4.89. The number of carbonyl (C=O) groups excluding carboxylic acids is 1. The van der Waals surface area contributed by atoms with E-state index in [2.05, 4.69) is 0 Å². The van der Waals surface area contributed by atoms with Crippen LogP contribution in [-0.4, -0.2) is 29.3 Å². The summed E-state index contributed by atoms with van der Waals surface area (Å²) in [6.45, 7) is 2.00. The van der Waals surface area contributed by atoms with Crippen LogP contribution in [0.25, 0.3) is 0 Å². The van der Waals surface area contributed by atoms with Gasteiger partial charge in [0.2, 0.25) is 0 Å². The standard InChI is InChI=1S/C21H22F3NO3/c1-15(16-7-9-18(10-8-16)21(22,23)24)25-13-11-20(12-14-26,28-19(25)27)17-5-3-2-4-6-17/h2-10,15,26H,11-14H2,1H3/t15-,20-/m0/s1. The Labute approximate surface area is 161 Å². The van der Waals surface area contributed by atoms with Gasteiger partial charge in [-0.05, 0) is 30.2 Å². The number of carbonyl (C=O) groups is 1. The van der Waals surface area contributed by atoms with Crippen molar-refractivity contribution in [1.82, 2.24) is 4.90 Å².